The summed E-state index contributed by atoms with van der Waals surface area (Å²) >= 11 is 0. The van der Waals surface area contributed by atoms with E-state index in [4.69, 9.17) is 4.84 Å². The van der Waals surface area contributed by atoms with Gasteiger partial charge in [0, 0.05) is 18.8 Å². The summed E-state index contributed by atoms with van der Waals surface area (Å²) in [5.74, 6) is 0.492. The second-order valence-corrected chi connectivity index (χ2v) is 4.65. The molecule has 0 atom stereocenters. The zero-order valence-electron chi connectivity index (χ0n) is 12.5. The maximum absolute atomic E-state index is 12.3. The highest BCUT2D eigenvalue weighted by Crippen LogP contribution is 2.21. The topological polar surface area (TPSA) is 32.8 Å². The number of benzene rings is 1. The largest absolute Gasteiger partial charge is 0.348 e. The zero-order valence-corrected chi connectivity index (χ0v) is 12.5. The first-order chi connectivity index (χ1) is 9.04. The molecule has 1 aromatic carbocycles. The third-order valence-electron chi connectivity index (χ3n) is 3.14. The van der Waals surface area contributed by atoms with Gasteiger partial charge in [0.1, 0.15) is 0 Å². The molecule has 1 aromatic rings. The number of carbonyl (C=O) groups is 1. The summed E-state index contributed by atoms with van der Waals surface area (Å²) in [5.41, 5.74) is 2.17. The number of carbonyl (C=O) groups excluding carboxylic acids is 1. The minimum absolute atomic E-state index is 0.134. The molecule has 4 nitrogen and oxygen atoms in total. The van der Waals surface area contributed by atoms with Gasteiger partial charge in [-0.15, -0.1) is 0 Å². The highest BCUT2D eigenvalue weighted by molar-refractivity contribution is 5.91. The third kappa shape index (κ3) is 3.70. The number of hydrogen-bond acceptors (Lipinski definition) is 2. The van der Waals surface area contributed by atoms with Crippen molar-refractivity contribution in [1.29, 1.82) is 0 Å². The van der Waals surface area contributed by atoms with Gasteiger partial charge in [-0.25, -0.2) is 9.86 Å². The van der Waals surface area contributed by atoms with Gasteiger partial charge in [-0.1, -0.05) is 26.0 Å². The van der Waals surface area contributed by atoms with E-state index in [2.05, 4.69) is 26.0 Å². The molecule has 19 heavy (non-hydrogen) atoms. The van der Waals surface area contributed by atoms with Gasteiger partial charge in [0.25, 0.3) is 0 Å². The highest BCUT2D eigenvalue weighted by atomic mass is 16.7. The van der Waals surface area contributed by atoms with Crippen LogP contribution in [0, 0.1) is 0 Å². The van der Waals surface area contributed by atoms with E-state index in [9.17, 15) is 4.79 Å². The molecule has 0 aliphatic carbocycles. The molecule has 0 radical (unpaired) electrons. The average Bonchev–Trinajstić information content (AvgIpc) is 2.41. The van der Waals surface area contributed by atoms with Crippen molar-refractivity contribution >= 4 is 11.7 Å². The fourth-order valence-corrected chi connectivity index (χ4v) is 1.94. The lowest BCUT2D eigenvalue weighted by atomic mass is 10.0. The second-order valence-electron chi connectivity index (χ2n) is 4.65. The minimum Gasteiger partial charge on any atom is -0.293 e. The smallest absolute Gasteiger partial charge is 0.293 e. The summed E-state index contributed by atoms with van der Waals surface area (Å²) in [6, 6.07) is 7.98. The number of nitrogens with zero attached hydrogens (tertiary/aromatic N) is 2. The van der Waals surface area contributed by atoms with Crippen molar-refractivity contribution in [2.75, 3.05) is 25.1 Å². The third-order valence-corrected chi connectivity index (χ3v) is 3.14. The second kappa shape index (κ2) is 7.14. The normalized spacial score (nSPS) is 10.6. The molecule has 0 aliphatic rings. The molecular formula is C15H24N2O2. The van der Waals surface area contributed by atoms with Crippen molar-refractivity contribution in [2.24, 2.45) is 0 Å². The predicted molar refractivity (Wildman–Crippen MR) is 78.3 cm³/mol. The number of hydroxylamine groups is 2. The lowest BCUT2D eigenvalue weighted by Crippen LogP contribution is -2.42. The molecule has 106 valence electrons. The SMILES string of the molecule is CCN(OC)C(=O)N(CC)c1ccc(C(C)C)cc1. The van der Waals surface area contributed by atoms with Gasteiger partial charge in [0.2, 0.25) is 0 Å². The van der Waals surface area contributed by atoms with E-state index >= 15 is 0 Å². The van der Waals surface area contributed by atoms with E-state index in [1.165, 1.54) is 17.7 Å². The van der Waals surface area contributed by atoms with E-state index in [1.807, 2.05) is 26.0 Å². The molecule has 0 saturated heterocycles. The maximum atomic E-state index is 12.3. The van der Waals surface area contributed by atoms with Crippen LogP contribution in [-0.2, 0) is 4.84 Å². The lowest BCUT2D eigenvalue weighted by molar-refractivity contribution is -0.0797. The van der Waals surface area contributed by atoms with Gasteiger partial charge in [-0.05, 0) is 37.5 Å². The Morgan fingerprint density at radius 2 is 1.74 bits per heavy atom. The van der Waals surface area contributed by atoms with Gasteiger partial charge >= 0.3 is 6.03 Å². The Morgan fingerprint density at radius 1 is 1.16 bits per heavy atom. The molecule has 0 spiro atoms. The van der Waals surface area contributed by atoms with E-state index in [-0.39, 0.29) is 6.03 Å². The van der Waals surface area contributed by atoms with Crippen LogP contribution in [0.2, 0.25) is 0 Å². The Bertz CT molecular complexity index is 397. The monoisotopic (exact) mass is 264 g/mol. The Labute approximate surface area is 115 Å². The van der Waals surface area contributed by atoms with E-state index in [0.29, 0.717) is 19.0 Å². The van der Waals surface area contributed by atoms with Crippen LogP contribution in [0.4, 0.5) is 10.5 Å². The summed E-state index contributed by atoms with van der Waals surface area (Å²) in [4.78, 5) is 19.1. The van der Waals surface area contributed by atoms with Crippen LogP contribution in [0.15, 0.2) is 24.3 Å². The van der Waals surface area contributed by atoms with Gasteiger partial charge in [-0.3, -0.25) is 9.74 Å². The van der Waals surface area contributed by atoms with Crippen molar-refractivity contribution < 1.29 is 9.63 Å². The quantitative estimate of drug-likeness (QED) is 0.761. The molecule has 2 amide bonds. The Kier molecular flexibility index (Phi) is 5.83. The molecule has 0 saturated carbocycles. The van der Waals surface area contributed by atoms with Gasteiger partial charge in [0.05, 0.1) is 7.11 Å². The number of anilines is 1. The van der Waals surface area contributed by atoms with Crippen LogP contribution in [0.3, 0.4) is 0 Å². The van der Waals surface area contributed by atoms with Crippen LogP contribution in [0.25, 0.3) is 0 Å². The number of amides is 2. The van der Waals surface area contributed by atoms with Crippen molar-refractivity contribution in [2.45, 2.75) is 33.6 Å². The summed E-state index contributed by atoms with van der Waals surface area (Å²) in [5, 5.41) is 1.35. The molecule has 4 heteroatoms. The van der Waals surface area contributed by atoms with Crippen LogP contribution in [0.1, 0.15) is 39.2 Å². The van der Waals surface area contributed by atoms with Crippen LogP contribution in [0.5, 0.6) is 0 Å². The molecule has 1 rings (SSSR count). The lowest BCUT2D eigenvalue weighted by Gasteiger charge is -2.27. The fourth-order valence-electron chi connectivity index (χ4n) is 1.94. The first-order valence-corrected chi connectivity index (χ1v) is 6.78. The van der Waals surface area contributed by atoms with Crippen LogP contribution < -0.4 is 4.90 Å². The number of urea groups is 1. The first kappa shape index (κ1) is 15.5. The summed E-state index contributed by atoms with van der Waals surface area (Å²) < 4.78 is 0. The molecule has 0 N–H and O–H groups in total. The first-order valence-electron chi connectivity index (χ1n) is 6.78. The fraction of sp³-hybridized carbons (Fsp3) is 0.533. The Hall–Kier alpha value is -1.55. The molecule has 0 aliphatic heterocycles. The zero-order chi connectivity index (χ0) is 14.4. The molecule has 0 fully saturated rings. The van der Waals surface area contributed by atoms with Crippen LogP contribution >= 0.6 is 0 Å². The Morgan fingerprint density at radius 3 is 2.11 bits per heavy atom. The maximum Gasteiger partial charge on any atom is 0.348 e. The van der Waals surface area contributed by atoms with Crippen LogP contribution in [-0.4, -0.2) is 31.3 Å². The summed E-state index contributed by atoms with van der Waals surface area (Å²) in [7, 11) is 1.51. The standard InChI is InChI=1S/C15H24N2O2/c1-6-16(15(18)17(7-2)19-5)14-10-8-13(9-11-14)12(3)4/h8-12H,6-7H2,1-5H3. The van der Waals surface area contributed by atoms with E-state index < -0.39 is 0 Å². The number of hydrogen-bond donors (Lipinski definition) is 0. The highest BCUT2D eigenvalue weighted by Gasteiger charge is 2.20. The van der Waals surface area contributed by atoms with E-state index in [0.717, 1.165) is 5.69 Å². The van der Waals surface area contributed by atoms with Crippen molar-refractivity contribution in [1.82, 2.24) is 5.06 Å². The molecule has 0 heterocycles. The predicted octanol–water partition coefficient (Wildman–Crippen LogP) is 3.64. The molecule has 0 unspecified atom stereocenters. The van der Waals surface area contributed by atoms with Gasteiger partial charge < -0.3 is 0 Å². The molecular weight excluding hydrogens is 240 g/mol. The van der Waals surface area contributed by atoms with Crippen molar-refractivity contribution in [3.8, 4) is 0 Å². The van der Waals surface area contributed by atoms with Crippen molar-refractivity contribution in [3.05, 3.63) is 29.8 Å². The van der Waals surface area contributed by atoms with E-state index in [1.54, 1.807) is 4.90 Å². The average molecular weight is 264 g/mol. The van der Waals surface area contributed by atoms with Gasteiger partial charge in [0.15, 0.2) is 0 Å². The van der Waals surface area contributed by atoms with Gasteiger partial charge in [-0.2, -0.15) is 0 Å². The van der Waals surface area contributed by atoms with Crippen molar-refractivity contribution in [3.63, 3.8) is 0 Å². The minimum atomic E-state index is -0.134. The number of rotatable bonds is 5. The molecule has 0 bridgehead atoms. The Balaban J connectivity index is 2.93. The summed E-state index contributed by atoms with van der Waals surface area (Å²) in [6.45, 7) is 9.29. The summed E-state index contributed by atoms with van der Waals surface area (Å²) in [6.07, 6.45) is 0. The molecule has 0 aromatic heterocycles.